The van der Waals surface area contributed by atoms with Crippen molar-refractivity contribution in [3.05, 3.63) is 0 Å². The molecule has 2 N–H and O–H groups in total. The van der Waals surface area contributed by atoms with Crippen LogP contribution in [0.3, 0.4) is 0 Å². The van der Waals surface area contributed by atoms with Crippen molar-refractivity contribution >= 4 is 0 Å². The van der Waals surface area contributed by atoms with Crippen LogP contribution < -0.4 is 5.73 Å². The van der Waals surface area contributed by atoms with Crippen LogP contribution in [0.15, 0.2) is 0 Å². The molecule has 0 saturated heterocycles. The lowest BCUT2D eigenvalue weighted by Crippen LogP contribution is -2.20. The van der Waals surface area contributed by atoms with E-state index in [9.17, 15) is 0 Å². The molecule has 1 heteroatoms. The summed E-state index contributed by atoms with van der Waals surface area (Å²) in [7, 11) is 0. The van der Waals surface area contributed by atoms with Crippen LogP contribution in [0.2, 0.25) is 0 Å². The minimum absolute atomic E-state index is 0.363. The van der Waals surface area contributed by atoms with Gasteiger partial charge in [0.15, 0.2) is 0 Å². The molecule has 0 amide bonds. The van der Waals surface area contributed by atoms with Crippen LogP contribution in [-0.4, -0.2) is 6.04 Å². The SMILES string of the molecule is CC(N)CC(C)C(C)C. The third-order valence-electron chi connectivity index (χ3n) is 1.88. The van der Waals surface area contributed by atoms with E-state index < -0.39 is 0 Å². The van der Waals surface area contributed by atoms with Crippen LogP contribution in [0.1, 0.15) is 34.1 Å². The van der Waals surface area contributed by atoms with Gasteiger partial charge in [0.1, 0.15) is 0 Å². The smallest absolute Gasteiger partial charge is 0.00131 e. The van der Waals surface area contributed by atoms with Crippen molar-refractivity contribution in [2.24, 2.45) is 17.6 Å². The van der Waals surface area contributed by atoms with E-state index in [0.717, 1.165) is 18.3 Å². The summed E-state index contributed by atoms with van der Waals surface area (Å²) in [5.74, 6) is 1.54. The maximum absolute atomic E-state index is 5.63. The van der Waals surface area contributed by atoms with Gasteiger partial charge in [0.05, 0.1) is 0 Å². The van der Waals surface area contributed by atoms with E-state index in [0.29, 0.717) is 6.04 Å². The maximum atomic E-state index is 5.63. The van der Waals surface area contributed by atoms with E-state index in [4.69, 9.17) is 5.73 Å². The molecule has 2 atom stereocenters. The van der Waals surface area contributed by atoms with Gasteiger partial charge < -0.3 is 5.73 Å². The number of rotatable bonds is 3. The zero-order valence-corrected chi connectivity index (χ0v) is 7.02. The van der Waals surface area contributed by atoms with Gasteiger partial charge in [-0.1, -0.05) is 20.8 Å². The largest absolute Gasteiger partial charge is 0.328 e. The molecule has 2 unspecified atom stereocenters. The summed E-state index contributed by atoms with van der Waals surface area (Å²) < 4.78 is 0. The summed E-state index contributed by atoms with van der Waals surface area (Å²) >= 11 is 0. The Kier molecular flexibility index (Phi) is 3.87. The fourth-order valence-electron chi connectivity index (χ4n) is 0.859. The molecule has 0 bridgehead atoms. The van der Waals surface area contributed by atoms with Crippen LogP contribution in [0, 0.1) is 11.8 Å². The molecule has 0 rings (SSSR count). The number of hydrogen-bond donors (Lipinski definition) is 1. The van der Waals surface area contributed by atoms with Gasteiger partial charge in [-0.2, -0.15) is 0 Å². The second-order valence-corrected chi connectivity index (χ2v) is 3.43. The Morgan fingerprint density at radius 1 is 1.11 bits per heavy atom. The van der Waals surface area contributed by atoms with Crippen LogP contribution in [0.4, 0.5) is 0 Å². The molecular weight excluding hydrogens is 110 g/mol. The van der Waals surface area contributed by atoms with Crippen molar-refractivity contribution in [3.63, 3.8) is 0 Å². The lowest BCUT2D eigenvalue weighted by Gasteiger charge is -2.16. The molecule has 0 aromatic carbocycles. The van der Waals surface area contributed by atoms with Gasteiger partial charge in [0.25, 0.3) is 0 Å². The predicted molar refractivity (Wildman–Crippen MR) is 42.3 cm³/mol. The van der Waals surface area contributed by atoms with Crippen molar-refractivity contribution in [2.75, 3.05) is 0 Å². The van der Waals surface area contributed by atoms with Crippen molar-refractivity contribution in [2.45, 2.75) is 40.2 Å². The van der Waals surface area contributed by atoms with E-state index in [1.165, 1.54) is 0 Å². The van der Waals surface area contributed by atoms with Gasteiger partial charge in [0, 0.05) is 6.04 Å². The van der Waals surface area contributed by atoms with Crippen LogP contribution >= 0.6 is 0 Å². The standard InChI is InChI=1S/C8H19N/c1-6(2)7(3)5-8(4)9/h6-8H,5,9H2,1-4H3. The van der Waals surface area contributed by atoms with Gasteiger partial charge in [0.2, 0.25) is 0 Å². The number of hydrogen-bond acceptors (Lipinski definition) is 1. The minimum Gasteiger partial charge on any atom is -0.328 e. The van der Waals surface area contributed by atoms with E-state index in [2.05, 4.69) is 27.7 Å². The molecule has 0 fully saturated rings. The second-order valence-electron chi connectivity index (χ2n) is 3.43. The summed E-state index contributed by atoms with van der Waals surface area (Å²) in [6.45, 7) is 8.81. The monoisotopic (exact) mass is 129 g/mol. The van der Waals surface area contributed by atoms with Crippen molar-refractivity contribution in [3.8, 4) is 0 Å². The van der Waals surface area contributed by atoms with Crippen LogP contribution in [-0.2, 0) is 0 Å². The lowest BCUT2D eigenvalue weighted by molar-refractivity contribution is 0.368. The first-order valence-electron chi connectivity index (χ1n) is 3.79. The Hall–Kier alpha value is -0.0400. The van der Waals surface area contributed by atoms with Crippen molar-refractivity contribution in [1.29, 1.82) is 0 Å². The molecular formula is C8H19N. The summed E-state index contributed by atoms with van der Waals surface area (Å²) in [6.07, 6.45) is 1.15. The van der Waals surface area contributed by atoms with Crippen molar-refractivity contribution in [1.82, 2.24) is 0 Å². The summed E-state index contributed by atoms with van der Waals surface area (Å²) in [5.41, 5.74) is 5.63. The first-order valence-corrected chi connectivity index (χ1v) is 3.79. The molecule has 0 spiro atoms. The van der Waals surface area contributed by atoms with Gasteiger partial charge in [-0.25, -0.2) is 0 Å². The van der Waals surface area contributed by atoms with Crippen molar-refractivity contribution < 1.29 is 0 Å². The molecule has 56 valence electrons. The van der Waals surface area contributed by atoms with E-state index in [1.807, 2.05) is 0 Å². The first-order chi connectivity index (χ1) is 4.04. The third-order valence-corrected chi connectivity index (χ3v) is 1.88. The molecule has 0 aromatic heterocycles. The van der Waals surface area contributed by atoms with E-state index in [-0.39, 0.29) is 0 Å². The molecule has 0 heterocycles. The highest BCUT2D eigenvalue weighted by Crippen LogP contribution is 2.14. The van der Waals surface area contributed by atoms with Gasteiger partial charge in [-0.15, -0.1) is 0 Å². The first kappa shape index (κ1) is 8.96. The maximum Gasteiger partial charge on any atom is 0.00131 e. The highest BCUT2D eigenvalue weighted by atomic mass is 14.6. The minimum atomic E-state index is 0.363. The molecule has 0 saturated carbocycles. The summed E-state index contributed by atoms with van der Waals surface area (Å²) in [5, 5.41) is 0. The molecule has 0 aromatic rings. The molecule has 1 nitrogen and oxygen atoms in total. The summed E-state index contributed by atoms with van der Waals surface area (Å²) in [6, 6.07) is 0.363. The molecule has 0 aliphatic heterocycles. The zero-order chi connectivity index (χ0) is 7.44. The molecule has 0 aliphatic carbocycles. The highest BCUT2D eigenvalue weighted by molar-refractivity contribution is 4.62. The highest BCUT2D eigenvalue weighted by Gasteiger charge is 2.08. The van der Waals surface area contributed by atoms with Crippen LogP contribution in [0.25, 0.3) is 0 Å². The van der Waals surface area contributed by atoms with Gasteiger partial charge in [-0.05, 0) is 25.2 Å². The van der Waals surface area contributed by atoms with E-state index >= 15 is 0 Å². The Morgan fingerprint density at radius 2 is 1.56 bits per heavy atom. The molecule has 9 heavy (non-hydrogen) atoms. The summed E-state index contributed by atoms with van der Waals surface area (Å²) in [4.78, 5) is 0. The Morgan fingerprint density at radius 3 is 1.67 bits per heavy atom. The topological polar surface area (TPSA) is 26.0 Å². The zero-order valence-electron chi connectivity index (χ0n) is 7.02. The molecule has 0 radical (unpaired) electrons. The average Bonchev–Trinajstić information content (AvgIpc) is 1.63. The van der Waals surface area contributed by atoms with E-state index in [1.54, 1.807) is 0 Å². The van der Waals surface area contributed by atoms with Gasteiger partial charge >= 0.3 is 0 Å². The fourth-order valence-corrected chi connectivity index (χ4v) is 0.859. The molecule has 0 aliphatic rings. The average molecular weight is 129 g/mol. The Labute approximate surface area is 58.6 Å². The third kappa shape index (κ3) is 4.46. The normalized spacial score (nSPS) is 18.0. The number of nitrogens with two attached hydrogens (primary N) is 1. The van der Waals surface area contributed by atoms with Crippen LogP contribution in [0.5, 0.6) is 0 Å². The Bertz CT molecular complexity index is 67.0. The second kappa shape index (κ2) is 3.89. The Balaban J connectivity index is 3.38. The predicted octanol–water partition coefficient (Wildman–Crippen LogP) is 2.02. The quantitative estimate of drug-likeness (QED) is 0.620. The lowest BCUT2D eigenvalue weighted by atomic mass is 9.92. The van der Waals surface area contributed by atoms with Gasteiger partial charge in [-0.3, -0.25) is 0 Å². The fraction of sp³-hybridized carbons (Fsp3) is 1.00.